The standard InChI is InChI=1S/C12H12N2O4/c1-17-10-4-2-3-5-11(10)18-7-8-6-9(15)12(16)14-13-8/h2-6H,7H2,1H3,(H,13,15)(H,14,16). The van der Waals surface area contributed by atoms with Gasteiger partial charge in [-0.25, -0.2) is 0 Å². The SMILES string of the molecule is COc1ccccc1OCc1cc(=O)c(=O)[nH][nH]1. The monoisotopic (exact) mass is 248 g/mol. The highest BCUT2D eigenvalue weighted by Gasteiger charge is 2.04. The number of hydrogen-bond acceptors (Lipinski definition) is 4. The van der Waals surface area contributed by atoms with Gasteiger partial charge >= 0.3 is 5.56 Å². The van der Waals surface area contributed by atoms with E-state index in [1.807, 2.05) is 12.1 Å². The second-order valence-electron chi connectivity index (χ2n) is 3.55. The minimum Gasteiger partial charge on any atom is -0.493 e. The van der Waals surface area contributed by atoms with E-state index in [-0.39, 0.29) is 6.61 Å². The van der Waals surface area contributed by atoms with Crippen molar-refractivity contribution in [2.45, 2.75) is 6.61 Å². The van der Waals surface area contributed by atoms with E-state index in [1.165, 1.54) is 6.07 Å². The molecular weight excluding hydrogens is 236 g/mol. The molecule has 18 heavy (non-hydrogen) atoms. The molecule has 94 valence electrons. The molecule has 0 saturated heterocycles. The fourth-order valence-electron chi connectivity index (χ4n) is 1.43. The van der Waals surface area contributed by atoms with Gasteiger partial charge in [-0.2, -0.15) is 0 Å². The van der Waals surface area contributed by atoms with E-state index < -0.39 is 11.0 Å². The van der Waals surface area contributed by atoms with Crippen LogP contribution in [-0.4, -0.2) is 17.3 Å². The van der Waals surface area contributed by atoms with E-state index in [1.54, 1.807) is 19.2 Å². The molecule has 0 atom stereocenters. The lowest BCUT2D eigenvalue weighted by Crippen LogP contribution is -2.28. The molecule has 0 spiro atoms. The smallest absolute Gasteiger partial charge is 0.310 e. The molecule has 2 aromatic rings. The molecule has 0 aliphatic heterocycles. The van der Waals surface area contributed by atoms with Gasteiger partial charge in [-0.1, -0.05) is 12.1 Å². The fourth-order valence-corrected chi connectivity index (χ4v) is 1.43. The Morgan fingerprint density at radius 3 is 2.50 bits per heavy atom. The van der Waals surface area contributed by atoms with Gasteiger partial charge in [0, 0.05) is 6.07 Å². The third-order valence-electron chi connectivity index (χ3n) is 2.32. The predicted molar refractivity (Wildman–Crippen MR) is 65.0 cm³/mol. The van der Waals surface area contributed by atoms with Gasteiger partial charge in [0.25, 0.3) is 0 Å². The molecule has 0 aliphatic carbocycles. The second-order valence-corrected chi connectivity index (χ2v) is 3.55. The highest BCUT2D eigenvalue weighted by molar-refractivity contribution is 5.39. The Morgan fingerprint density at radius 1 is 1.11 bits per heavy atom. The van der Waals surface area contributed by atoms with Crippen LogP contribution in [0.3, 0.4) is 0 Å². The van der Waals surface area contributed by atoms with Gasteiger partial charge in [0.15, 0.2) is 11.5 Å². The van der Waals surface area contributed by atoms with E-state index >= 15 is 0 Å². The van der Waals surface area contributed by atoms with Gasteiger partial charge in [0.2, 0.25) is 5.43 Å². The third-order valence-corrected chi connectivity index (χ3v) is 2.32. The Morgan fingerprint density at radius 2 is 1.83 bits per heavy atom. The fraction of sp³-hybridized carbons (Fsp3) is 0.167. The summed E-state index contributed by atoms with van der Waals surface area (Å²) in [5.41, 5.74) is -0.811. The predicted octanol–water partition coefficient (Wildman–Crippen LogP) is 0.651. The number of H-pyrrole nitrogens is 2. The molecule has 2 rings (SSSR count). The second kappa shape index (κ2) is 5.22. The molecule has 0 bridgehead atoms. The molecular formula is C12H12N2O4. The van der Waals surface area contributed by atoms with Crippen LogP contribution in [0.15, 0.2) is 39.9 Å². The summed E-state index contributed by atoms with van der Waals surface area (Å²) < 4.78 is 10.6. The van der Waals surface area contributed by atoms with Gasteiger partial charge in [-0.05, 0) is 12.1 Å². The number of nitrogens with one attached hydrogen (secondary N) is 2. The number of rotatable bonds is 4. The lowest BCUT2D eigenvalue weighted by Gasteiger charge is -2.09. The van der Waals surface area contributed by atoms with E-state index in [9.17, 15) is 9.59 Å². The van der Waals surface area contributed by atoms with Crippen molar-refractivity contribution in [3.8, 4) is 11.5 Å². The number of ether oxygens (including phenoxy) is 2. The van der Waals surface area contributed by atoms with Gasteiger partial charge in [-0.15, -0.1) is 0 Å². The van der Waals surface area contributed by atoms with Crippen LogP contribution in [0.25, 0.3) is 0 Å². The minimum absolute atomic E-state index is 0.131. The average molecular weight is 248 g/mol. The maximum atomic E-state index is 11.1. The van der Waals surface area contributed by atoms with Crippen molar-refractivity contribution in [3.05, 3.63) is 56.6 Å². The summed E-state index contributed by atoms with van der Waals surface area (Å²) >= 11 is 0. The largest absolute Gasteiger partial charge is 0.493 e. The molecule has 0 amide bonds. The third kappa shape index (κ3) is 2.60. The molecule has 2 N–H and O–H groups in total. The quantitative estimate of drug-likeness (QED) is 0.778. The summed E-state index contributed by atoms with van der Waals surface area (Å²) in [5, 5.41) is 4.81. The number of methoxy groups -OCH3 is 1. The summed E-state index contributed by atoms with van der Waals surface area (Å²) in [6.45, 7) is 0.131. The number of benzene rings is 1. The van der Waals surface area contributed by atoms with Crippen LogP contribution < -0.4 is 20.5 Å². The number of aromatic nitrogens is 2. The van der Waals surface area contributed by atoms with Gasteiger partial charge < -0.3 is 9.47 Å². The molecule has 6 heteroatoms. The van der Waals surface area contributed by atoms with Crippen molar-refractivity contribution in [2.24, 2.45) is 0 Å². The normalized spacial score (nSPS) is 10.1. The zero-order valence-electron chi connectivity index (χ0n) is 9.73. The average Bonchev–Trinajstić information content (AvgIpc) is 2.40. The molecule has 1 heterocycles. The Labute approximate surface area is 102 Å². The zero-order valence-corrected chi connectivity index (χ0v) is 9.73. The number of hydrogen-bond donors (Lipinski definition) is 2. The lowest BCUT2D eigenvalue weighted by atomic mass is 10.3. The Hall–Kier alpha value is -2.50. The highest BCUT2D eigenvalue weighted by atomic mass is 16.5. The topological polar surface area (TPSA) is 84.2 Å². The van der Waals surface area contributed by atoms with E-state index in [0.29, 0.717) is 17.2 Å². The van der Waals surface area contributed by atoms with Gasteiger partial charge in [0.05, 0.1) is 12.8 Å². The van der Waals surface area contributed by atoms with Crippen LogP contribution in [-0.2, 0) is 6.61 Å². The molecule has 0 aliphatic rings. The Bertz CT molecular complexity index is 645. The molecule has 0 fully saturated rings. The Balaban J connectivity index is 2.14. The van der Waals surface area contributed by atoms with Crippen molar-refractivity contribution in [1.29, 1.82) is 0 Å². The van der Waals surface area contributed by atoms with Crippen molar-refractivity contribution < 1.29 is 9.47 Å². The van der Waals surface area contributed by atoms with Crippen LogP contribution in [0.2, 0.25) is 0 Å². The van der Waals surface area contributed by atoms with E-state index in [2.05, 4.69) is 10.2 Å². The van der Waals surface area contributed by atoms with Gasteiger partial charge in [-0.3, -0.25) is 19.8 Å². The van der Waals surface area contributed by atoms with Gasteiger partial charge in [0.1, 0.15) is 6.61 Å². The molecule has 1 aromatic heterocycles. The lowest BCUT2D eigenvalue weighted by molar-refractivity contribution is 0.279. The van der Waals surface area contributed by atoms with Crippen molar-refractivity contribution in [3.63, 3.8) is 0 Å². The van der Waals surface area contributed by atoms with Crippen molar-refractivity contribution >= 4 is 0 Å². The van der Waals surface area contributed by atoms with E-state index in [0.717, 1.165) is 0 Å². The first-order valence-electron chi connectivity index (χ1n) is 5.27. The summed E-state index contributed by atoms with van der Waals surface area (Å²) in [4.78, 5) is 22.0. The minimum atomic E-state index is -0.684. The van der Waals surface area contributed by atoms with Crippen molar-refractivity contribution in [2.75, 3.05) is 7.11 Å². The summed E-state index contributed by atoms with van der Waals surface area (Å²) in [6, 6.07) is 8.36. The summed E-state index contributed by atoms with van der Waals surface area (Å²) in [6.07, 6.45) is 0. The van der Waals surface area contributed by atoms with Crippen LogP contribution in [0.5, 0.6) is 11.5 Å². The first kappa shape index (κ1) is 12.0. The first-order valence-corrected chi connectivity index (χ1v) is 5.27. The molecule has 1 aromatic carbocycles. The van der Waals surface area contributed by atoms with Crippen LogP contribution in [0.1, 0.15) is 5.69 Å². The van der Waals surface area contributed by atoms with Crippen LogP contribution >= 0.6 is 0 Å². The zero-order chi connectivity index (χ0) is 13.0. The summed E-state index contributed by atoms with van der Waals surface area (Å²) in [7, 11) is 1.55. The maximum Gasteiger partial charge on any atom is 0.310 e. The molecule has 6 nitrogen and oxygen atoms in total. The van der Waals surface area contributed by atoms with E-state index in [4.69, 9.17) is 9.47 Å². The number of aromatic amines is 2. The molecule has 0 saturated carbocycles. The van der Waals surface area contributed by atoms with Crippen LogP contribution in [0.4, 0.5) is 0 Å². The highest BCUT2D eigenvalue weighted by Crippen LogP contribution is 2.26. The first-order chi connectivity index (χ1) is 8.70. The van der Waals surface area contributed by atoms with Crippen molar-refractivity contribution in [1.82, 2.24) is 10.2 Å². The number of para-hydroxylation sites is 2. The summed E-state index contributed by atoms with van der Waals surface area (Å²) in [5.74, 6) is 1.16. The molecule has 0 radical (unpaired) electrons. The molecule has 0 unspecified atom stereocenters. The Kier molecular flexibility index (Phi) is 3.47. The van der Waals surface area contributed by atoms with Crippen LogP contribution in [0, 0.1) is 0 Å². The maximum absolute atomic E-state index is 11.1.